The van der Waals surface area contributed by atoms with Gasteiger partial charge >= 0.3 is 11.9 Å². The highest BCUT2D eigenvalue weighted by atomic mass is 16.5. The van der Waals surface area contributed by atoms with Gasteiger partial charge in [-0.05, 0) is 73.9 Å². The molecule has 0 aliphatic heterocycles. The van der Waals surface area contributed by atoms with E-state index in [1.807, 2.05) is 27.7 Å². The number of H-pyrrole nitrogens is 3. The minimum absolute atomic E-state index is 0.230. The van der Waals surface area contributed by atoms with Crippen LogP contribution in [0.3, 0.4) is 0 Å². The van der Waals surface area contributed by atoms with Crippen molar-refractivity contribution in [3.63, 3.8) is 0 Å². The molecule has 0 unspecified atom stereocenters. The zero-order valence-electron chi connectivity index (χ0n) is 22.3. The Labute approximate surface area is 216 Å². The number of carbonyl (C=O) groups excluding carboxylic acids is 4. The second-order valence-electron chi connectivity index (χ2n) is 9.32. The van der Waals surface area contributed by atoms with E-state index in [1.165, 1.54) is 14.2 Å². The number of ether oxygens (including phenoxy) is 2. The smallest absolute Gasteiger partial charge is 0.305 e. The van der Waals surface area contributed by atoms with Crippen LogP contribution in [0, 0.1) is 27.7 Å². The zero-order chi connectivity index (χ0) is 27.3. The molecular weight excluding hydrogens is 474 g/mol. The van der Waals surface area contributed by atoms with E-state index >= 15 is 0 Å². The molecule has 0 amide bonds. The van der Waals surface area contributed by atoms with Gasteiger partial charge in [0.2, 0.25) is 0 Å². The van der Waals surface area contributed by atoms with Crippen molar-refractivity contribution in [3.8, 4) is 0 Å². The molecule has 0 aliphatic carbocycles. The lowest BCUT2D eigenvalue weighted by atomic mass is 10.00. The SMILES string of the molecule is COC(=O)CCc1c(Cc2[nH]c(Cc3[nH]c(C=O)c(C)c3CCC(=O)OC)c(C)c2C)[nH]c(C=O)c1C. The van der Waals surface area contributed by atoms with Gasteiger partial charge in [-0.2, -0.15) is 0 Å². The number of hydrogen-bond acceptors (Lipinski definition) is 6. The second kappa shape index (κ2) is 11.9. The third-order valence-electron chi connectivity index (χ3n) is 7.34. The molecule has 9 heteroatoms. The summed E-state index contributed by atoms with van der Waals surface area (Å²) < 4.78 is 9.57. The fourth-order valence-electron chi connectivity index (χ4n) is 4.84. The maximum Gasteiger partial charge on any atom is 0.305 e. The van der Waals surface area contributed by atoms with E-state index in [-0.39, 0.29) is 24.8 Å². The van der Waals surface area contributed by atoms with Crippen molar-refractivity contribution in [2.75, 3.05) is 14.2 Å². The van der Waals surface area contributed by atoms with Crippen molar-refractivity contribution >= 4 is 24.5 Å². The van der Waals surface area contributed by atoms with Crippen molar-refractivity contribution in [2.45, 2.75) is 66.2 Å². The molecule has 0 aromatic carbocycles. The fraction of sp³-hybridized carbons (Fsp3) is 0.429. The number of carbonyl (C=O) groups is 4. The standard InChI is InChI=1S/C28H35N3O6/c1-15-16(2)22(12-24-20(8-10-28(35)37-6)18(4)26(14-33)31-24)29-21(15)11-23-19(7-9-27(34)36-5)17(3)25(13-32)30-23/h13-14,29-31H,7-12H2,1-6H3. The lowest BCUT2D eigenvalue weighted by Gasteiger charge is -2.06. The molecule has 3 heterocycles. The van der Waals surface area contributed by atoms with Gasteiger partial charge in [0, 0.05) is 48.5 Å². The van der Waals surface area contributed by atoms with Gasteiger partial charge in [0.15, 0.2) is 12.6 Å². The van der Waals surface area contributed by atoms with Crippen LogP contribution >= 0.6 is 0 Å². The predicted molar refractivity (Wildman–Crippen MR) is 138 cm³/mol. The minimum Gasteiger partial charge on any atom is -0.469 e. The maximum atomic E-state index is 11.7. The highest BCUT2D eigenvalue weighted by molar-refractivity contribution is 5.77. The summed E-state index contributed by atoms with van der Waals surface area (Å²) in [5.41, 5.74) is 10.6. The van der Waals surface area contributed by atoms with Gasteiger partial charge in [0.1, 0.15) is 0 Å². The number of esters is 2. The number of nitrogens with one attached hydrogen (secondary N) is 3. The third-order valence-corrected chi connectivity index (χ3v) is 7.34. The van der Waals surface area contributed by atoms with Crippen molar-refractivity contribution in [2.24, 2.45) is 0 Å². The molecule has 3 N–H and O–H groups in total. The Balaban J connectivity index is 1.92. The molecule has 0 aliphatic rings. The third kappa shape index (κ3) is 5.93. The molecule has 9 nitrogen and oxygen atoms in total. The molecule has 3 rings (SSSR count). The topological polar surface area (TPSA) is 134 Å². The van der Waals surface area contributed by atoms with Crippen LogP contribution in [0.15, 0.2) is 0 Å². The van der Waals surface area contributed by atoms with Crippen LogP contribution in [0.5, 0.6) is 0 Å². The van der Waals surface area contributed by atoms with Gasteiger partial charge in [0.25, 0.3) is 0 Å². The quantitative estimate of drug-likeness (QED) is 0.250. The fourth-order valence-corrected chi connectivity index (χ4v) is 4.84. The van der Waals surface area contributed by atoms with Crippen LogP contribution in [0.25, 0.3) is 0 Å². The summed E-state index contributed by atoms with van der Waals surface area (Å²) in [4.78, 5) is 56.6. The van der Waals surface area contributed by atoms with Crippen LogP contribution < -0.4 is 0 Å². The van der Waals surface area contributed by atoms with E-state index in [4.69, 9.17) is 9.47 Å². The molecule has 0 spiro atoms. The predicted octanol–water partition coefficient (Wildman–Crippen LogP) is 3.92. The number of aromatic nitrogens is 3. The average molecular weight is 510 g/mol. The maximum absolute atomic E-state index is 11.7. The highest BCUT2D eigenvalue weighted by Crippen LogP contribution is 2.28. The first-order valence-corrected chi connectivity index (χ1v) is 12.3. The first-order chi connectivity index (χ1) is 17.6. The largest absolute Gasteiger partial charge is 0.469 e. The number of methoxy groups -OCH3 is 2. The summed E-state index contributed by atoms with van der Waals surface area (Å²) >= 11 is 0. The summed E-state index contributed by atoms with van der Waals surface area (Å²) in [5.74, 6) is -0.598. The Kier molecular flexibility index (Phi) is 8.91. The first kappa shape index (κ1) is 27.7. The molecule has 37 heavy (non-hydrogen) atoms. The van der Waals surface area contributed by atoms with Crippen LogP contribution in [0.2, 0.25) is 0 Å². The molecule has 3 aromatic rings. The summed E-state index contributed by atoms with van der Waals surface area (Å²) in [6, 6.07) is 0. The van der Waals surface area contributed by atoms with Gasteiger partial charge in [-0.15, -0.1) is 0 Å². The molecule has 0 radical (unpaired) electrons. The summed E-state index contributed by atoms with van der Waals surface area (Å²) in [6.07, 6.45) is 4.08. The molecular formula is C28H35N3O6. The summed E-state index contributed by atoms with van der Waals surface area (Å²) in [7, 11) is 2.72. The van der Waals surface area contributed by atoms with Crippen molar-refractivity contribution in [3.05, 3.63) is 67.5 Å². The van der Waals surface area contributed by atoms with Gasteiger partial charge < -0.3 is 24.4 Å². The molecule has 0 atom stereocenters. The Morgan fingerprint density at radius 2 is 1.00 bits per heavy atom. The lowest BCUT2D eigenvalue weighted by molar-refractivity contribution is -0.141. The van der Waals surface area contributed by atoms with Crippen molar-refractivity contribution < 1.29 is 28.7 Å². The minimum atomic E-state index is -0.299. The number of rotatable bonds is 12. The van der Waals surface area contributed by atoms with Crippen LogP contribution in [-0.2, 0) is 44.7 Å². The van der Waals surface area contributed by atoms with E-state index in [0.717, 1.165) is 68.7 Å². The van der Waals surface area contributed by atoms with Crippen molar-refractivity contribution in [1.29, 1.82) is 0 Å². The Hall–Kier alpha value is -3.88. The molecule has 0 bridgehead atoms. The molecule has 0 fully saturated rings. The van der Waals surface area contributed by atoms with Crippen LogP contribution in [0.1, 0.15) is 90.0 Å². The monoisotopic (exact) mass is 509 g/mol. The Bertz CT molecular complexity index is 1230. The van der Waals surface area contributed by atoms with E-state index in [9.17, 15) is 19.2 Å². The second-order valence-corrected chi connectivity index (χ2v) is 9.32. The first-order valence-electron chi connectivity index (χ1n) is 12.3. The van der Waals surface area contributed by atoms with Gasteiger partial charge in [-0.3, -0.25) is 19.2 Å². The van der Waals surface area contributed by atoms with Gasteiger partial charge in [-0.1, -0.05) is 0 Å². The van der Waals surface area contributed by atoms with E-state index in [2.05, 4.69) is 15.0 Å². The lowest BCUT2D eigenvalue weighted by Crippen LogP contribution is -2.05. The Morgan fingerprint density at radius 1 is 0.622 bits per heavy atom. The normalized spacial score (nSPS) is 11.0. The van der Waals surface area contributed by atoms with E-state index in [1.54, 1.807) is 0 Å². The van der Waals surface area contributed by atoms with Gasteiger partial charge in [0.05, 0.1) is 25.6 Å². The Morgan fingerprint density at radius 3 is 1.32 bits per heavy atom. The van der Waals surface area contributed by atoms with Gasteiger partial charge in [-0.25, -0.2) is 0 Å². The molecule has 3 aromatic heterocycles. The summed E-state index contributed by atoms with van der Waals surface area (Å²) in [5, 5.41) is 0. The highest BCUT2D eigenvalue weighted by Gasteiger charge is 2.21. The zero-order valence-corrected chi connectivity index (χ0v) is 22.3. The average Bonchev–Trinajstić information content (AvgIpc) is 3.47. The molecule has 0 saturated carbocycles. The van der Waals surface area contributed by atoms with Crippen LogP contribution in [-0.4, -0.2) is 53.7 Å². The van der Waals surface area contributed by atoms with Crippen LogP contribution in [0.4, 0.5) is 0 Å². The van der Waals surface area contributed by atoms with E-state index < -0.39 is 0 Å². The van der Waals surface area contributed by atoms with E-state index in [0.29, 0.717) is 37.1 Å². The van der Waals surface area contributed by atoms with Crippen molar-refractivity contribution in [1.82, 2.24) is 15.0 Å². The molecule has 198 valence electrons. The summed E-state index contributed by atoms with van der Waals surface area (Å²) in [6.45, 7) is 7.85. The number of hydrogen-bond donors (Lipinski definition) is 3. The number of aldehydes is 2. The number of aromatic amines is 3. The molecule has 0 saturated heterocycles.